The summed E-state index contributed by atoms with van der Waals surface area (Å²) in [5, 5.41) is 49.2. The smallest absolute Gasteiger partial charge is 0.122 e. The molecule has 0 bridgehead atoms. The quantitative estimate of drug-likeness (QED) is 0.475. The molecule has 0 radical (unpaired) electrons. The lowest BCUT2D eigenvalue weighted by atomic mass is 9.98. The molecule has 0 aliphatic heterocycles. The van der Waals surface area contributed by atoms with Crippen LogP contribution >= 0.6 is 11.6 Å². The summed E-state index contributed by atoms with van der Waals surface area (Å²) in [6.07, 6.45) is 0.519. The van der Waals surface area contributed by atoms with E-state index in [0.717, 1.165) is 0 Å². The predicted octanol–water partition coefficient (Wildman–Crippen LogP) is 4.05. The van der Waals surface area contributed by atoms with E-state index in [0.29, 0.717) is 27.3 Å². The molecule has 3 aromatic rings. The van der Waals surface area contributed by atoms with Crippen molar-refractivity contribution in [2.45, 2.75) is 12.8 Å². The lowest BCUT2D eigenvalue weighted by Gasteiger charge is -2.12. The number of hydrogen-bond donors (Lipinski definition) is 5. The van der Waals surface area contributed by atoms with Crippen molar-refractivity contribution >= 4 is 11.6 Å². The van der Waals surface area contributed by atoms with Gasteiger partial charge in [-0.15, -0.1) is 0 Å². The summed E-state index contributed by atoms with van der Waals surface area (Å²) < 4.78 is 0. The Morgan fingerprint density at radius 2 is 1.00 bits per heavy atom. The van der Waals surface area contributed by atoms with Crippen molar-refractivity contribution in [1.29, 1.82) is 0 Å². The Morgan fingerprint density at radius 1 is 0.538 bits per heavy atom. The summed E-state index contributed by atoms with van der Waals surface area (Å²) in [5.41, 5.74) is 2.24. The minimum absolute atomic E-state index is 0.00939. The molecule has 0 aromatic heterocycles. The maximum Gasteiger partial charge on any atom is 0.122 e. The standard InChI is InChI=1S/C20H17ClO5/c21-17-7-14(6-12-2-4-16(23)10-20(12)26)18(24)8-13(17)5-11-1-3-15(22)9-19(11)25/h1-4,7-10,22-26H,5-6H2. The van der Waals surface area contributed by atoms with Gasteiger partial charge in [-0.1, -0.05) is 23.7 Å². The summed E-state index contributed by atoms with van der Waals surface area (Å²) in [6, 6.07) is 11.7. The third kappa shape index (κ3) is 3.78. The molecular formula is C20H17ClO5. The first kappa shape index (κ1) is 17.8. The number of rotatable bonds is 4. The fraction of sp³-hybridized carbons (Fsp3) is 0.100. The number of phenolic OH excluding ortho intramolecular Hbond substituents is 5. The van der Waals surface area contributed by atoms with E-state index in [1.54, 1.807) is 18.2 Å². The van der Waals surface area contributed by atoms with Crippen LogP contribution in [0.25, 0.3) is 0 Å². The lowest BCUT2D eigenvalue weighted by molar-refractivity contribution is 0.444. The molecule has 0 aliphatic rings. The molecule has 3 aromatic carbocycles. The molecule has 26 heavy (non-hydrogen) atoms. The van der Waals surface area contributed by atoms with Gasteiger partial charge in [-0.2, -0.15) is 0 Å². The third-order valence-corrected chi connectivity index (χ3v) is 4.50. The zero-order valence-corrected chi connectivity index (χ0v) is 14.4. The molecule has 0 unspecified atom stereocenters. The first-order valence-electron chi connectivity index (χ1n) is 7.85. The maximum atomic E-state index is 10.3. The van der Waals surface area contributed by atoms with Crippen LogP contribution in [0.3, 0.4) is 0 Å². The molecule has 0 spiro atoms. The summed E-state index contributed by atoms with van der Waals surface area (Å²) >= 11 is 6.32. The van der Waals surface area contributed by atoms with Gasteiger partial charge in [0.05, 0.1) is 0 Å². The van der Waals surface area contributed by atoms with E-state index in [1.807, 2.05) is 0 Å². The van der Waals surface area contributed by atoms with E-state index in [9.17, 15) is 25.5 Å². The molecule has 0 aliphatic carbocycles. The van der Waals surface area contributed by atoms with Crippen LogP contribution < -0.4 is 0 Å². The molecule has 134 valence electrons. The SMILES string of the molecule is Oc1ccc(Cc2cc(Cl)c(Cc3ccc(O)cc3O)cc2O)c(O)c1. The highest BCUT2D eigenvalue weighted by atomic mass is 35.5. The molecule has 0 amide bonds. The highest BCUT2D eigenvalue weighted by molar-refractivity contribution is 6.31. The number of halogens is 1. The molecule has 5 nitrogen and oxygen atoms in total. The second kappa shape index (κ2) is 7.06. The van der Waals surface area contributed by atoms with E-state index >= 15 is 0 Å². The zero-order valence-electron chi connectivity index (χ0n) is 13.6. The van der Waals surface area contributed by atoms with Gasteiger partial charge in [0.2, 0.25) is 0 Å². The summed E-state index contributed by atoms with van der Waals surface area (Å²) in [6.45, 7) is 0. The Balaban J connectivity index is 1.88. The van der Waals surface area contributed by atoms with E-state index in [-0.39, 0.29) is 41.6 Å². The van der Waals surface area contributed by atoms with Gasteiger partial charge in [0.25, 0.3) is 0 Å². The van der Waals surface area contributed by atoms with Crippen LogP contribution in [-0.2, 0) is 12.8 Å². The predicted molar refractivity (Wildman–Crippen MR) is 98.3 cm³/mol. The minimum Gasteiger partial charge on any atom is -0.508 e. The Morgan fingerprint density at radius 3 is 1.50 bits per heavy atom. The number of benzene rings is 3. The van der Waals surface area contributed by atoms with Crippen LogP contribution in [0.1, 0.15) is 22.3 Å². The van der Waals surface area contributed by atoms with Crippen LogP contribution in [-0.4, -0.2) is 25.5 Å². The Hall–Kier alpha value is -3.05. The summed E-state index contributed by atoms with van der Waals surface area (Å²) in [5.74, 6) is -0.200. The highest BCUT2D eigenvalue weighted by Gasteiger charge is 2.13. The fourth-order valence-electron chi connectivity index (χ4n) is 2.74. The van der Waals surface area contributed by atoms with E-state index in [1.165, 1.54) is 30.3 Å². The summed E-state index contributed by atoms with van der Waals surface area (Å²) in [4.78, 5) is 0. The molecule has 6 heteroatoms. The molecule has 0 saturated heterocycles. The molecule has 0 heterocycles. The van der Waals surface area contributed by atoms with Gasteiger partial charge in [-0.05, 0) is 46.5 Å². The normalized spacial score (nSPS) is 10.8. The largest absolute Gasteiger partial charge is 0.508 e. The highest BCUT2D eigenvalue weighted by Crippen LogP contribution is 2.34. The van der Waals surface area contributed by atoms with Crippen molar-refractivity contribution in [2.24, 2.45) is 0 Å². The van der Waals surface area contributed by atoms with Crippen LogP contribution in [0.4, 0.5) is 0 Å². The number of aromatic hydroxyl groups is 5. The van der Waals surface area contributed by atoms with Gasteiger partial charge in [0.1, 0.15) is 28.7 Å². The van der Waals surface area contributed by atoms with Crippen molar-refractivity contribution in [3.8, 4) is 28.7 Å². The molecular weight excluding hydrogens is 356 g/mol. The van der Waals surface area contributed by atoms with Crippen LogP contribution in [0.2, 0.25) is 5.02 Å². The first-order valence-corrected chi connectivity index (χ1v) is 8.23. The van der Waals surface area contributed by atoms with Crippen molar-refractivity contribution in [1.82, 2.24) is 0 Å². The Kier molecular flexibility index (Phi) is 4.82. The minimum atomic E-state index is -0.0707. The van der Waals surface area contributed by atoms with E-state index in [2.05, 4.69) is 0 Å². The van der Waals surface area contributed by atoms with Crippen molar-refractivity contribution in [2.75, 3.05) is 0 Å². The van der Waals surface area contributed by atoms with Gasteiger partial charge < -0.3 is 25.5 Å². The topological polar surface area (TPSA) is 101 Å². The average Bonchev–Trinajstić information content (AvgIpc) is 2.57. The van der Waals surface area contributed by atoms with Gasteiger partial charge >= 0.3 is 0 Å². The van der Waals surface area contributed by atoms with E-state index in [4.69, 9.17) is 11.6 Å². The average molecular weight is 373 g/mol. The molecule has 3 rings (SSSR count). The zero-order chi connectivity index (χ0) is 18.8. The fourth-order valence-corrected chi connectivity index (χ4v) is 2.99. The van der Waals surface area contributed by atoms with E-state index < -0.39 is 0 Å². The molecule has 5 N–H and O–H groups in total. The second-order valence-electron chi connectivity index (χ2n) is 6.05. The number of hydrogen-bond acceptors (Lipinski definition) is 5. The van der Waals surface area contributed by atoms with Crippen molar-refractivity contribution < 1.29 is 25.5 Å². The molecule has 0 fully saturated rings. The van der Waals surface area contributed by atoms with Crippen LogP contribution in [0.15, 0.2) is 48.5 Å². The Labute approximate surface area is 155 Å². The second-order valence-corrected chi connectivity index (χ2v) is 6.46. The monoisotopic (exact) mass is 372 g/mol. The van der Waals surface area contributed by atoms with Gasteiger partial charge in [0.15, 0.2) is 0 Å². The lowest BCUT2D eigenvalue weighted by Crippen LogP contribution is -1.95. The van der Waals surface area contributed by atoms with Crippen molar-refractivity contribution in [3.63, 3.8) is 0 Å². The number of phenols is 5. The van der Waals surface area contributed by atoms with Gasteiger partial charge in [-0.3, -0.25) is 0 Å². The van der Waals surface area contributed by atoms with Crippen molar-refractivity contribution in [3.05, 3.63) is 75.8 Å². The van der Waals surface area contributed by atoms with Gasteiger partial charge in [0, 0.05) is 30.0 Å². The maximum absolute atomic E-state index is 10.3. The molecule has 0 atom stereocenters. The third-order valence-electron chi connectivity index (χ3n) is 4.15. The molecule has 0 saturated carbocycles. The Bertz CT molecular complexity index is 889. The van der Waals surface area contributed by atoms with Gasteiger partial charge in [-0.25, -0.2) is 0 Å². The van der Waals surface area contributed by atoms with Crippen LogP contribution in [0.5, 0.6) is 28.7 Å². The van der Waals surface area contributed by atoms with Crippen LogP contribution in [0, 0.1) is 0 Å². The summed E-state index contributed by atoms with van der Waals surface area (Å²) in [7, 11) is 0. The first-order chi connectivity index (χ1) is 12.3.